The fourth-order valence-electron chi connectivity index (χ4n) is 2.14. The van der Waals surface area contributed by atoms with Crippen LogP contribution in [0.25, 0.3) is 0 Å². The summed E-state index contributed by atoms with van der Waals surface area (Å²) < 4.78 is 0. The van der Waals surface area contributed by atoms with E-state index in [0.29, 0.717) is 5.69 Å². The van der Waals surface area contributed by atoms with Crippen molar-refractivity contribution >= 4 is 29.6 Å². The molecule has 10 N–H and O–H groups in total. The predicted molar refractivity (Wildman–Crippen MR) is 95.7 cm³/mol. The molecule has 14 nitrogen and oxygen atoms in total. The summed E-state index contributed by atoms with van der Waals surface area (Å²) >= 11 is 0. The van der Waals surface area contributed by atoms with E-state index in [1.54, 1.807) is 0 Å². The Hall–Kier alpha value is -3.52. The number of nitrogens with zero attached hydrogens (tertiary/aromatic N) is 1. The van der Waals surface area contributed by atoms with Crippen LogP contribution in [-0.2, 0) is 30.4 Å². The molecule has 29 heavy (non-hydrogen) atoms. The van der Waals surface area contributed by atoms with Crippen LogP contribution < -0.4 is 27.4 Å². The first-order chi connectivity index (χ1) is 13.6. The van der Waals surface area contributed by atoms with Crippen LogP contribution in [0.5, 0.6) is 0 Å². The maximum Gasteiger partial charge on any atom is 0.328 e. The number of carbonyl (C=O) groups is 5. The van der Waals surface area contributed by atoms with Crippen LogP contribution in [-0.4, -0.2) is 81.1 Å². The number of carboxylic acids is 1. The molecule has 4 amide bonds. The number of H-pyrrole nitrogens is 1. The molecule has 1 aromatic rings. The zero-order valence-electron chi connectivity index (χ0n) is 15.3. The normalized spacial score (nSPS) is 13.6. The molecular formula is C15H23N7O7. The van der Waals surface area contributed by atoms with Crippen molar-refractivity contribution in [1.82, 2.24) is 25.9 Å². The third-order valence-electron chi connectivity index (χ3n) is 3.61. The smallest absolute Gasteiger partial charge is 0.328 e. The summed E-state index contributed by atoms with van der Waals surface area (Å²) in [5.41, 5.74) is 11.4. The van der Waals surface area contributed by atoms with E-state index >= 15 is 0 Å². The Morgan fingerprint density at radius 1 is 1.14 bits per heavy atom. The van der Waals surface area contributed by atoms with Gasteiger partial charge in [-0.3, -0.25) is 19.2 Å². The SMILES string of the molecule is NC(=O)CC(NC(=O)C(N)Cc1cnc[nH]1)C(=O)NCC(=O)NC(CO)C(=O)O. The zero-order chi connectivity index (χ0) is 22.0. The van der Waals surface area contributed by atoms with Crippen molar-refractivity contribution in [3.05, 3.63) is 18.2 Å². The molecule has 0 fully saturated rings. The van der Waals surface area contributed by atoms with Crippen molar-refractivity contribution in [2.45, 2.75) is 31.0 Å². The van der Waals surface area contributed by atoms with Gasteiger partial charge in [-0.25, -0.2) is 9.78 Å². The molecule has 0 saturated carbocycles. The summed E-state index contributed by atoms with van der Waals surface area (Å²) in [6.45, 7) is -1.50. The number of rotatable bonds is 12. The minimum Gasteiger partial charge on any atom is -0.480 e. The van der Waals surface area contributed by atoms with Gasteiger partial charge in [-0.15, -0.1) is 0 Å². The molecule has 0 bridgehead atoms. The number of aromatic nitrogens is 2. The summed E-state index contributed by atoms with van der Waals surface area (Å²) in [4.78, 5) is 64.6. The standard InChI is InChI=1S/C15H23N7O7/c16-8(1-7-3-18-6-20-7)13(26)22-9(2-11(17)24)14(27)19-4-12(25)21-10(5-23)15(28)29/h3,6,8-10,23H,1-2,4-5,16H2,(H2,17,24)(H,18,20)(H,19,27)(H,21,25)(H,22,26)(H,28,29). The quantitative estimate of drug-likeness (QED) is 0.164. The number of carboxylic acid groups (broad SMARTS) is 1. The van der Waals surface area contributed by atoms with Gasteiger partial charge in [0, 0.05) is 18.3 Å². The second-order valence-corrected chi connectivity index (χ2v) is 5.98. The Morgan fingerprint density at radius 3 is 2.34 bits per heavy atom. The topological polar surface area (TPSA) is 243 Å². The van der Waals surface area contributed by atoms with Crippen molar-refractivity contribution in [3.8, 4) is 0 Å². The van der Waals surface area contributed by atoms with Gasteiger partial charge in [-0.1, -0.05) is 0 Å². The number of primary amides is 1. The second kappa shape index (κ2) is 11.4. The molecule has 3 atom stereocenters. The minimum absolute atomic E-state index is 0.0941. The summed E-state index contributed by atoms with van der Waals surface area (Å²) in [5.74, 6) is -4.89. The largest absolute Gasteiger partial charge is 0.480 e. The number of hydrogen-bond acceptors (Lipinski definition) is 8. The highest BCUT2D eigenvalue weighted by atomic mass is 16.4. The number of nitrogens with one attached hydrogen (secondary N) is 4. The first-order valence-corrected chi connectivity index (χ1v) is 8.36. The van der Waals surface area contributed by atoms with E-state index in [-0.39, 0.29) is 6.42 Å². The summed E-state index contributed by atoms with van der Waals surface area (Å²) in [7, 11) is 0. The van der Waals surface area contributed by atoms with Crippen molar-refractivity contribution < 1.29 is 34.2 Å². The summed E-state index contributed by atoms with van der Waals surface area (Å²) in [5, 5.41) is 24.0. The van der Waals surface area contributed by atoms with Gasteiger partial charge in [0.25, 0.3) is 0 Å². The van der Waals surface area contributed by atoms with E-state index in [1.807, 2.05) is 5.32 Å². The van der Waals surface area contributed by atoms with Gasteiger partial charge in [0.15, 0.2) is 0 Å². The lowest BCUT2D eigenvalue weighted by Crippen LogP contribution is -2.55. The number of aromatic amines is 1. The number of imidazole rings is 1. The van der Waals surface area contributed by atoms with Gasteiger partial charge in [-0.2, -0.15) is 0 Å². The average molecular weight is 413 g/mol. The Labute approximate surface area is 164 Å². The Morgan fingerprint density at radius 2 is 1.83 bits per heavy atom. The lowest BCUT2D eigenvalue weighted by atomic mass is 10.1. The highest BCUT2D eigenvalue weighted by molar-refractivity contribution is 5.95. The van der Waals surface area contributed by atoms with Gasteiger partial charge >= 0.3 is 5.97 Å². The summed E-state index contributed by atoms with van der Waals surface area (Å²) in [6, 6.07) is -3.99. The van der Waals surface area contributed by atoms with E-state index in [9.17, 15) is 24.0 Å². The van der Waals surface area contributed by atoms with Crippen molar-refractivity contribution in [2.75, 3.05) is 13.2 Å². The molecule has 1 heterocycles. The van der Waals surface area contributed by atoms with E-state index in [1.165, 1.54) is 12.5 Å². The lowest BCUT2D eigenvalue weighted by Gasteiger charge is -2.19. The molecule has 1 aromatic heterocycles. The number of carbonyl (C=O) groups excluding carboxylic acids is 4. The molecule has 0 saturated heterocycles. The number of aliphatic hydroxyl groups excluding tert-OH is 1. The third-order valence-corrected chi connectivity index (χ3v) is 3.61. The van der Waals surface area contributed by atoms with Gasteiger partial charge in [0.1, 0.15) is 12.1 Å². The predicted octanol–water partition coefficient (Wildman–Crippen LogP) is -4.68. The molecule has 3 unspecified atom stereocenters. The van der Waals surface area contributed by atoms with Crippen LogP contribution >= 0.6 is 0 Å². The van der Waals surface area contributed by atoms with Crippen LogP contribution in [0.2, 0.25) is 0 Å². The van der Waals surface area contributed by atoms with Crippen LogP contribution in [0.1, 0.15) is 12.1 Å². The fourth-order valence-corrected chi connectivity index (χ4v) is 2.14. The molecule has 0 aliphatic heterocycles. The van der Waals surface area contributed by atoms with E-state index in [2.05, 4.69) is 20.6 Å². The monoisotopic (exact) mass is 413 g/mol. The lowest BCUT2D eigenvalue weighted by molar-refractivity contribution is -0.143. The Bertz CT molecular complexity index is 737. The van der Waals surface area contributed by atoms with E-state index < -0.39 is 67.3 Å². The van der Waals surface area contributed by atoms with Gasteiger partial charge in [0.05, 0.1) is 31.9 Å². The molecule has 0 radical (unpaired) electrons. The fraction of sp³-hybridized carbons (Fsp3) is 0.467. The molecule has 0 aromatic carbocycles. The maximum atomic E-state index is 12.2. The van der Waals surface area contributed by atoms with Crippen LogP contribution in [0.3, 0.4) is 0 Å². The van der Waals surface area contributed by atoms with Crippen molar-refractivity contribution in [3.63, 3.8) is 0 Å². The molecule has 0 spiro atoms. The zero-order valence-corrected chi connectivity index (χ0v) is 15.3. The average Bonchev–Trinajstić information content (AvgIpc) is 3.15. The Balaban J connectivity index is 2.62. The molecule has 0 aliphatic carbocycles. The van der Waals surface area contributed by atoms with E-state index in [0.717, 1.165) is 0 Å². The first-order valence-electron chi connectivity index (χ1n) is 8.36. The molecular weight excluding hydrogens is 390 g/mol. The molecule has 0 aliphatic rings. The van der Waals surface area contributed by atoms with Gasteiger partial charge in [-0.05, 0) is 0 Å². The van der Waals surface area contributed by atoms with Crippen LogP contribution in [0.15, 0.2) is 12.5 Å². The van der Waals surface area contributed by atoms with E-state index in [4.69, 9.17) is 21.7 Å². The maximum absolute atomic E-state index is 12.2. The Kier molecular flexibility index (Phi) is 9.21. The van der Waals surface area contributed by atoms with Crippen molar-refractivity contribution in [1.29, 1.82) is 0 Å². The van der Waals surface area contributed by atoms with Crippen LogP contribution in [0, 0.1) is 0 Å². The number of amides is 4. The van der Waals surface area contributed by atoms with Crippen LogP contribution in [0.4, 0.5) is 0 Å². The number of nitrogens with two attached hydrogens (primary N) is 2. The number of aliphatic hydroxyl groups is 1. The molecule has 14 heteroatoms. The number of aliphatic carboxylic acids is 1. The summed E-state index contributed by atoms with van der Waals surface area (Å²) in [6.07, 6.45) is 2.41. The second-order valence-electron chi connectivity index (χ2n) is 5.98. The highest BCUT2D eigenvalue weighted by Gasteiger charge is 2.26. The molecule has 1 rings (SSSR count). The molecule has 160 valence electrons. The number of hydrogen-bond donors (Lipinski definition) is 8. The van der Waals surface area contributed by atoms with Gasteiger partial charge < -0.3 is 42.6 Å². The van der Waals surface area contributed by atoms with Gasteiger partial charge in [0.2, 0.25) is 23.6 Å². The van der Waals surface area contributed by atoms with Crippen molar-refractivity contribution in [2.24, 2.45) is 11.5 Å². The third kappa shape index (κ3) is 8.35. The first kappa shape index (κ1) is 23.5. The highest BCUT2D eigenvalue weighted by Crippen LogP contribution is 1.99. The minimum atomic E-state index is -1.54.